The summed E-state index contributed by atoms with van der Waals surface area (Å²) in [6.07, 6.45) is 2.00. The minimum Gasteiger partial charge on any atom is -0.507 e. The number of hydrogen-bond acceptors (Lipinski definition) is 1. The van der Waals surface area contributed by atoms with Crippen molar-refractivity contribution in [3.8, 4) is 5.75 Å². The molecule has 0 atom stereocenters. The van der Waals surface area contributed by atoms with Crippen molar-refractivity contribution in [1.82, 2.24) is 0 Å². The topological polar surface area (TPSA) is 20.2 Å². The van der Waals surface area contributed by atoms with Crippen LogP contribution >= 0.6 is 0 Å². The molecule has 0 amide bonds. The van der Waals surface area contributed by atoms with Gasteiger partial charge < -0.3 is 5.11 Å². The van der Waals surface area contributed by atoms with E-state index in [-0.39, 0.29) is 0 Å². The monoisotopic (exact) mass is 200 g/mol. The number of phenols is 1. The van der Waals surface area contributed by atoms with E-state index in [0.29, 0.717) is 5.75 Å². The number of aromatic hydroxyl groups is 1. The Hall–Kier alpha value is -1.50. The van der Waals surface area contributed by atoms with E-state index >= 15 is 0 Å². The van der Waals surface area contributed by atoms with E-state index in [9.17, 15) is 5.11 Å². The van der Waals surface area contributed by atoms with Crippen molar-refractivity contribution < 1.29 is 5.11 Å². The number of hydrogen-bond donors (Lipinski definition) is 1. The Labute approximate surface area is 90.4 Å². The fourth-order valence-electron chi connectivity index (χ4n) is 2.05. The molecule has 0 heterocycles. The van der Waals surface area contributed by atoms with Crippen molar-refractivity contribution >= 4 is 10.8 Å². The summed E-state index contributed by atoms with van der Waals surface area (Å²) in [5.41, 5.74) is 2.06. The van der Waals surface area contributed by atoms with E-state index in [1.807, 2.05) is 19.1 Å². The van der Waals surface area contributed by atoms with Gasteiger partial charge in [0.25, 0.3) is 0 Å². The summed E-state index contributed by atoms with van der Waals surface area (Å²) in [6.45, 7) is 4.11. The normalized spacial score (nSPS) is 10.8. The Morgan fingerprint density at radius 2 is 1.93 bits per heavy atom. The lowest BCUT2D eigenvalue weighted by Crippen LogP contribution is -1.89. The van der Waals surface area contributed by atoms with Crippen LogP contribution < -0.4 is 0 Å². The number of benzene rings is 2. The van der Waals surface area contributed by atoms with Gasteiger partial charge in [-0.3, -0.25) is 0 Å². The van der Waals surface area contributed by atoms with E-state index in [1.54, 1.807) is 0 Å². The highest BCUT2D eigenvalue weighted by Gasteiger charge is 2.07. The van der Waals surface area contributed by atoms with Gasteiger partial charge in [0.2, 0.25) is 0 Å². The predicted molar refractivity (Wildman–Crippen MR) is 64.3 cm³/mol. The summed E-state index contributed by atoms with van der Waals surface area (Å²) < 4.78 is 0. The van der Waals surface area contributed by atoms with Crippen molar-refractivity contribution in [2.45, 2.75) is 26.7 Å². The maximum Gasteiger partial charge on any atom is 0.122 e. The first-order valence-electron chi connectivity index (χ1n) is 5.44. The molecule has 0 fully saturated rings. The molecule has 0 saturated carbocycles. The molecule has 0 spiro atoms. The second kappa shape index (κ2) is 3.93. The van der Waals surface area contributed by atoms with Crippen molar-refractivity contribution in [3.63, 3.8) is 0 Å². The van der Waals surface area contributed by atoms with Crippen LogP contribution in [0.3, 0.4) is 0 Å². The number of phenolic OH excluding ortho intramolecular Hbond substituents is 1. The molecule has 2 aromatic rings. The van der Waals surface area contributed by atoms with Crippen molar-refractivity contribution in [2.24, 2.45) is 0 Å². The van der Waals surface area contributed by atoms with Gasteiger partial charge in [0.1, 0.15) is 5.75 Å². The average molecular weight is 200 g/mol. The van der Waals surface area contributed by atoms with Crippen molar-refractivity contribution in [3.05, 3.63) is 41.5 Å². The van der Waals surface area contributed by atoms with Gasteiger partial charge in [-0.05, 0) is 41.3 Å². The maximum absolute atomic E-state index is 10.0. The SMILES string of the molecule is CCCc1cc2ccccc2c(C)c1O. The van der Waals surface area contributed by atoms with Gasteiger partial charge in [-0.2, -0.15) is 0 Å². The molecule has 2 rings (SSSR count). The zero-order chi connectivity index (χ0) is 10.8. The van der Waals surface area contributed by atoms with E-state index in [1.165, 1.54) is 5.39 Å². The molecular weight excluding hydrogens is 184 g/mol. The number of fused-ring (bicyclic) bond motifs is 1. The number of rotatable bonds is 2. The highest BCUT2D eigenvalue weighted by atomic mass is 16.3. The Bertz CT molecular complexity index is 486. The van der Waals surface area contributed by atoms with E-state index < -0.39 is 0 Å². The van der Waals surface area contributed by atoms with Crippen LogP contribution in [0.1, 0.15) is 24.5 Å². The van der Waals surface area contributed by atoms with Gasteiger partial charge in [-0.25, -0.2) is 0 Å². The molecular formula is C14H16O. The predicted octanol–water partition coefficient (Wildman–Crippen LogP) is 3.81. The van der Waals surface area contributed by atoms with Crippen molar-refractivity contribution in [2.75, 3.05) is 0 Å². The molecule has 0 radical (unpaired) electrons. The summed E-state index contributed by atoms with van der Waals surface area (Å²) in [6, 6.07) is 10.3. The third-order valence-electron chi connectivity index (χ3n) is 2.87. The summed E-state index contributed by atoms with van der Waals surface area (Å²) >= 11 is 0. The number of aryl methyl sites for hydroxylation is 2. The lowest BCUT2D eigenvalue weighted by atomic mass is 9.98. The van der Waals surface area contributed by atoms with Crippen LogP contribution in [0.25, 0.3) is 10.8 Å². The largest absolute Gasteiger partial charge is 0.507 e. The highest BCUT2D eigenvalue weighted by molar-refractivity contribution is 5.88. The lowest BCUT2D eigenvalue weighted by molar-refractivity contribution is 0.464. The molecule has 1 heteroatoms. The molecule has 2 aromatic carbocycles. The first kappa shape index (κ1) is 10.0. The molecule has 78 valence electrons. The van der Waals surface area contributed by atoms with Crippen molar-refractivity contribution in [1.29, 1.82) is 0 Å². The third-order valence-corrected chi connectivity index (χ3v) is 2.87. The van der Waals surface area contributed by atoms with Gasteiger partial charge in [0, 0.05) is 0 Å². The van der Waals surface area contributed by atoms with Crippen LogP contribution in [0.5, 0.6) is 5.75 Å². The smallest absolute Gasteiger partial charge is 0.122 e. The summed E-state index contributed by atoms with van der Waals surface area (Å²) in [7, 11) is 0. The Morgan fingerprint density at radius 3 is 2.67 bits per heavy atom. The zero-order valence-corrected chi connectivity index (χ0v) is 9.25. The average Bonchev–Trinajstić information content (AvgIpc) is 2.26. The lowest BCUT2D eigenvalue weighted by Gasteiger charge is -2.10. The molecule has 0 aliphatic heterocycles. The Balaban J connectivity index is 2.71. The molecule has 0 saturated heterocycles. The quantitative estimate of drug-likeness (QED) is 0.781. The van der Waals surface area contributed by atoms with Gasteiger partial charge in [0.05, 0.1) is 0 Å². The van der Waals surface area contributed by atoms with Gasteiger partial charge >= 0.3 is 0 Å². The van der Waals surface area contributed by atoms with Crippen LogP contribution in [-0.2, 0) is 6.42 Å². The fourth-order valence-corrected chi connectivity index (χ4v) is 2.05. The minimum absolute atomic E-state index is 0.468. The van der Waals surface area contributed by atoms with Gasteiger partial charge in [0.15, 0.2) is 0 Å². The molecule has 0 aliphatic carbocycles. The van der Waals surface area contributed by atoms with Gasteiger partial charge in [-0.1, -0.05) is 37.6 Å². The third kappa shape index (κ3) is 1.70. The standard InChI is InChI=1S/C14H16O/c1-3-6-12-9-11-7-4-5-8-13(11)10(2)14(12)15/h4-5,7-9,15H,3,6H2,1-2H3. The van der Waals surface area contributed by atoms with Gasteiger partial charge in [-0.15, -0.1) is 0 Å². The van der Waals surface area contributed by atoms with E-state index in [4.69, 9.17) is 0 Å². The van der Waals surface area contributed by atoms with Crippen LogP contribution in [0.2, 0.25) is 0 Å². The van der Waals surface area contributed by atoms with Crippen LogP contribution in [0.4, 0.5) is 0 Å². The highest BCUT2D eigenvalue weighted by Crippen LogP contribution is 2.31. The maximum atomic E-state index is 10.0. The molecule has 0 aliphatic rings. The van der Waals surface area contributed by atoms with Crippen LogP contribution in [-0.4, -0.2) is 5.11 Å². The first-order valence-corrected chi connectivity index (χ1v) is 5.44. The molecule has 0 unspecified atom stereocenters. The van der Waals surface area contributed by atoms with E-state index in [2.05, 4.69) is 25.1 Å². The first-order chi connectivity index (χ1) is 7.24. The summed E-state index contributed by atoms with van der Waals surface area (Å²) in [5, 5.41) is 12.4. The zero-order valence-electron chi connectivity index (χ0n) is 9.25. The molecule has 15 heavy (non-hydrogen) atoms. The molecule has 0 aromatic heterocycles. The summed E-state index contributed by atoms with van der Waals surface area (Å²) in [4.78, 5) is 0. The molecule has 1 N–H and O–H groups in total. The second-order valence-corrected chi connectivity index (χ2v) is 3.98. The Kier molecular flexibility index (Phi) is 2.63. The minimum atomic E-state index is 0.468. The molecule has 0 bridgehead atoms. The molecule has 1 nitrogen and oxygen atoms in total. The fraction of sp³-hybridized carbons (Fsp3) is 0.286. The van der Waals surface area contributed by atoms with E-state index in [0.717, 1.165) is 29.4 Å². The van der Waals surface area contributed by atoms with Crippen LogP contribution in [0, 0.1) is 6.92 Å². The van der Waals surface area contributed by atoms with Crippen LogP contribution in [0.15, 0.2) is 30.3 Å². The second-order valence-electron chi connectivity index (χ2n) is 3.98. The Morgan fingerprint density at radius 1 is 1.20 bits per heavy atom. The summed E-state index contributed by atoms with van der Waals surface area (Å²) in [5.74, 6) is 0.468.